The van der Waals surface area contributed by atoms with Gasteiger partial charge in [0.15, 0.2) is 5.96 Å². The van der Waals surface area contributed by atoms with Crippen molar-refractivity contribution in [1.82, 2.24) is 20.5 Å². The third kappa shape index (κ3) is 6.58. The predicted molar refractivity (Wildman–Crippen MR) is 116 cm³/mol. The quantitative estimate of drug-likeness (QED) is 0.525. The minimum Gasteiger partial charge on any atom is -0.444 e. The van der Waals surface area contributed by atoms with Gasteiger partial charge in [0.2, 0.25) is 5.89 Å². The number of guanidine groups is 1. The molecule has 2 N–H and O–H groups in total. The molecule has 0 radical (unpaired) electrons. The number of hydrogen-bond donors (Lipinski definition) is 2. The van der Waals surface area contributed by atoms with Gasteiger partial charge in [0.25, 0.3) is 0 Å². The summed E-state index contributed by atoms with van der Waals surface area (Å²) in [6.07, 6.45) is 2.84. The molecule has 29 heavy (non-hydrogen) atoms. The van der Waals surface area contributed by atoms with Crippen molar-refractivity contribution >= 4 is 5.96 Å². The lowest BCUT2D eigenvalue weighted by atomic mass is 10.0. The standard InChI is InChI=1S/C22H33N5O2/c1-17(2)13-20(27-9-11-28-12-10-27)15-25-22(23-3)24-14-19-16-29-21(26-19)18-7-5-4-6-8-18/h4-8,16-17,20H,9-15H2,1-3H3,(H2,23,24,25). The third-order valence-electron chi connectivity index (χ3n) is 5.04. The highest BCUT2D eigenvalue weighted by Gasteiger charge is 2.22. The number of nitrogens with zero attached hydrogens (tertiary/aromatic N) is 3. The van der Waals surface area contributed by atoms with Crippen LogP contribution in [0.15, 0.2) is 46.0 Å². The predicted octanol–water partition coefficient (Wildman–Crippen LogP) is 2.75. The van der Waals surface area contributed by atoms with Crippen LogP contribution >= 0.6 is 0 Å². The normalized spacial score (nSPS) is 16.8. The van der Waals surface area contributed by atoms with Crippen LogP contribution in [0.25, 0.3) is 11.5 Å². The molecule has 3 rings (SSSR count). The number of benzene rings is 1. The van der Waals surface area contributed by atoms with Gasteiger partial charge in [-0.1, -0.05) is 32.0 Å². The molecular formula is C22H33N5O2. The summed E-state index contributed by atoms with van der Waals surface area (Å²) in [4.78, 5) is 11.4. The first-order valence-electron chi connectivity index (χ1n) is 10.4. The number of rotatable bonds is 8. The Bertz CT molecular complexity index is 754. The van der Waals surface area contributed by atoms with Crippen molar-refractivity contribution in [2.45, 2.75) is 32.9 Å². The first-order valence-corrected chi connectivity index (χ1v) is 10.4. The van der Waals surface area contributed by atoms with E-state index in [0.717, 1.165) is 56.5 Å². The van der Waals surface area contributed by atoms with Crippen LogP contribution in [-0.4, -0.2) is 61.8 Å². The molecule has 1 aliphatic rings. The average Bonchev–Trinajstić information content (AvgIpc) is 3.23. The molecule has 0 spiro atoms. The summed E-state index contributed by atoms with van der Waals surface area (Å²) in [6, 6.07) is 10.4. The van der Waals surface area contributed by atoms with Crippen LogP contribution in [0.1, 0.15) is 26.0 Å². The highest BCUT2D eigenvalue weighted by Crippen LogP contribution is 2.17. The van der Waals surface area contributed by atoms with E-state index in [1.165, 1.54) is 0 Å². The lowest BCUT2D eigenvalue weighted by Crippen LogP contribution is -2.51. The van der Waals surface area contributed by atoms with Gasteiger partial charge in [-0.25, -0.2) is 4.98 Å². The van der Waals surface area contributed by atoms with Crippen molar-refractivity contribution in [2.24, 2.45) is 10.9 Å². The molecule has 0 saturated carbocycles. The molecule has 0 bridgehead atoms. The topological polar surface area (TPSA) is 74.9 Å². The maximum Gasteiger partial charge on any atom is 0.226 e. The summed E-state index contributed by atoms with van der Waals surface area (Å²) in [7, 11) is 1.79. The third-order valence-corrected chi connectivity index (χ3v) is 5.04. The fourth-order valence-corrected chi connectivity index (χ4v) is 3.56. The molecule has 1 saturated heterocycles. The molecule has 7 nitrogen and oxygen atoms in total. The molecule has 2 heterocycles. The second kappa shape index (κ2) is 11.0. The van der Waals surface area contributed by atoms with Crippen molar-refractivity contribution in [2.75, 3.05) is 39.9 Å². The largest absolute Gasteiger partial charge is 0.444 e. The molecule has 1 aromatic carbocycles. The van der Waals surface area contributed by atoms with Crippen LogP contribution in [0.4, 0.5) is 0 Å². The van der Waals surface area contributed by atoms with Gasteiger partial charge in [-0.2, -0.15) is 0 Å². The molecule has 7 heteroatoms. The average molecular weight is 400 g/mol. The fourth-order valence-electron chi connectivity index (χ4n) is 3.56. The van der Waals surface area contributed by atoms with E-state index in [1.54, 1.807) is 13.3 Å². The number of morpholine rings is 1. The van der Waals surface area contributed by atoms with Gasteiger partial charge in [0, 0.05) is 38.3 Å². The van der Waals surface area contributed by atoms with Crippen LogP contribution in [-0.2, 0) is 11.3 Å². The molecule has 1 fully saturated rings. The summed E-state index contributed by atoms with van der Waals surface area (Å²) in [5.41, 5.74) is 1.82. The fraction of sp³-hybridized carbons (Fsp3) is 0.545. The first-order chi connectivity index (χ1) is 14.2. The Hall–Kier alpha value is -2.38. The summed E-state index contributed by atoms with van der Waals surface area (Å²) < 4.78 is 11.1. The Labute approximate surface area is 173 Å². The first kappa shape index (κ1) is 21.3. The lowest BCUT2D eigenvalue weighted by molar-refractivity contribution is 0.0132. The summed E-state index contributed by atoms with van der Waals surface area (Å²) >= 11 is 0. The molecule has 1 aromatic heterocycles. The Balaban J connectivity index is 1.51. The number of hydrogen-bond acceptors (Lipinski definition) is 5. The summed E-state index contributed by atoms with van der Waals surface area (Å²) in [5, 5.41) is 6.81. The van der Waals surface area contributed by atoms with Crippen LogP contribution in [0, 0.1) is 5.92 Å². The van der Waals surface area contributed by atoms with E-state index in [-0.39, 0.29) is 0 Å². The van der Waals surface area contributed by atoms with E-state index in [9.17, 15) is 0 Å². The number of aliphatic imine (C=N–C) groups is 1. The molecule has 2 aromatic rings. The van der Waals surface area contributed by atoms with Gasteiger partial charge < -0.3 is 19.8 Å². The van der Waals surface area contributed by atoms with Gasteiger partial charge in [-0.05, 0) is 24.5 Å². The molecule has 0 aliphatic carbocycles. The molecule has 1 unspecified atom stereocenters. The van der Waals surface area contributed by atoms with Gasteiger partial charge in [0.1, 0.15) is 6.26 Å². The molecule has 158 valence electrons. The maximum atomic E-state index is 5.61. The van der Waals surface area contributed by atoms with Crippen LogP contribution < -0.4 is 10.6 Å². The number of oxazole rings is 1. The van der Waals surface area contributed by atoms with Gasteiger partial charge >= 0.3 is 0 Å². The Morgan fingerprint density at radius 3 is 2.62 bits per heavy atom. The maximum absolute atomic E-state index is 5.61. The van der Waals surface area contributed by atoms with E-state index < -0.39 is 0 Å². The number of aromatic nitrogens is 1. The Morgan fingerprint density at radius 2 is 1.93 bits per heavy atom. The van der Waals surface area contributed by atoms with E-state index >= 15 is 0 Å². The Kier molecular flexibility index (Phi) is 8.07. The van der Waals surface area contributed by atoms with Crippen molar-refractivity contribution in [1.29, 1.82) is 0 Å². The second-order valence-corrected chi connectivity index (χ2v) is 7.75. The molecule has 1 aliphatic heterocycles. The van der Waals surface area contributed by atoms with Gasteiger partial charge in [-0.15, -0.1) is 0 Å². The summed E-state index contributed by atoms with van der Waals surface area (Å²) in [6.45, 7) is 9.58. The zero-order chi connectivity index (χ0) is 20.5. The molecule has 0 amide bonds. The van der Waals surface area contributed by atoms with Gasteiger partial charge in [0.05, 0.1) is 25.5 Å². The van der Waals surface area contributed by atoms with Crippen molar-refractivity contribution in [3.05, 3.63) is 42.3 Å². The smallest absolute Gasteiger partial charge is 0.226 e. The van der Waals surface area contributed by atoms with E-state index in [2.05, 4.69) is 39.4 Å². The van der Waals surface area contributed by atoms with Crippen LogP contribution in [0.2, 0.25) is 0 Å². The van der Waals surface area contributed by atoms with Crippen molar-refractivity contribution in [3.63, 3.8) is 0 Å². The van der Waals surface area contributed by atoms with Gasteiger partial charge in [-0.3, -0.25) is 9.89 Å². The van der Waals surface area contributed by atoms with Crippen LogP contribution in [0.3, 0.4) is 0 Å². The lowest BCUT2D eigenvalue weighted by Gasteiger charge is -2.35. The van der Waals surface area contributed by atoms with Crippen LogP contribution in [0.5, 0.6) is 0 Å². The highest BCUT2D eigenvalue weighted by molar-refractivity contribution is 5.79. The van der Waals surface area contributed by atoms with E-state index in [4.69, 9.17) is 9.15 Å². The zero-order valence-corrected chi connectivity index (χ0v) is 17.7. The molecule has 1 atom stereocenters. The molecular weight excluding hydrogens is 366 g/mol. The number of nitrogens with one attached hydrogen (secondary N) is 2. The zero-order valence-electron chi connectivity index (χ0n) is 17.7. The SMILES string of the molecule is CN=C(NCc1coc(-c2ccccc2)n1)NCC(CC(C)C)N1CCOCC1. The van der Waals surface area contributed by atoms with Crippen molar-refractivity contribution < 1.29 is 9.15 Å². The Morgan fingerprint density at radius 1 is 1.17 bits per heavy atom. The highest BCUT2D eigenvalue weighted by atomic mass is 16.5. The van der Waals surface area contributed by atoms with Crippen molar-refractivity contribution in [3.8, 4) is 11.5 Å². The minimum atomic E-state index is 0.467. The van der Waals surface area contributed by atoms with E-state index in [1.807, 2.05) is 30.3 Å². The minimum absolute atomic E-state index is 0.467. The van der Waals surface area contributed by atoms with E-state index in [0.29, 0.717) is 24.4 Å². The second-order valence-electron chi connectivity index (χ2n) is 7.75. The summed E-state index contributed by atoms with van der Waals surface area (Å²) in [5.74, 6) is 2.05. The number of ether oxygens (including phenoxy) is 1. The monoisotopic (exact) mass is 399 g/mol.